The van der Waals surface area contributed by atoms with Gasteiger partial charge in [0.25, 0.3) is 5.56 Å². The highest BCUT2D eigenvalue weighted by molar-refractivity contribution is 9.11. The number of aryl methyl sites for hydroxylation is 2. The Kier molecular flexibility index (Phi) is 4.73. The third-order valence-corrected chi connectivity index (χ3v) is 7.01. The monoisotopic (exact) mass is 482 g/mol. The summed E-state index contributed by atoms with van der Waals surface area (Å²) in [4.78, 5) is 22.6. The molecule has 2 aromatic heterocycles. The average molecular weight is 484 g/mol. The molecule has 0 saturated heterocycles. The maximum atomic E-state index is 12.8. The maximum absolute atomic E-state index is 12.8. The lowest BCUT2D eigenvalue weighted by Crippen LogP contribution is -2.10. The van der Waals surface area contributed by atoms with Crippen molar-refractivity contribution in [2.75, 3.05) is 0 Å². The lowest BCUT2D eigenvalue weighted by atomic mass is 9.98. The Labute approximate surface area is 165 Å². The number of benzene rings is 1. The number of halogens is 2. The molecule has 0 aliphatic heterocycles. The summed E-state index contributed by atoms with van der Waals surface area (Å²) >= 11 is 8.31. The third-order valence-electron chi connectivity index (χ3n) is 4.62. The fourth-order valence-corrected chi connectivity index (χ4v) is 5.80. The molecule has 1 aliphatic carbocycles. The van der Waals surface area contributed by atoms with E-state index in [1.807, 2.05) is 0 Å². The van der Waals surface area contributed by atoms with Crippen LogP contribution in [-0.2, 0) is 12.8 Å². The summed E-state index contributed by atoms with van der Waals surface area (Å²) in [5.74, 6) is 0.652. The number of rotatable bonds is 1. The fraction of sp³-hybridized carbons (Fsp3) is 0.333. The molecule has 1 aliphatic rings. The van der Waals surface area contributed by atoms with Crippen LogP contribution in [0.1, 0.15) is 36.1 Å². The largest absolute Gasteiger partial charge is 0.506 e. The first kappa shape index (κ1) is 17.2. The standard InChI is InChI=1S/C18H16Br2N2O2S/c19-11-7-9(8-12(20)15(11)23)16-21-17(24)14-10-5-3-1-2-4-6-13(10)25-18(14)22-16/h7-8,23H,1-6H2,(H,21,22,24). The molecule has 0 radical (unpaired) electrons. The van der Waals surface area contributed by atoms with Gasteiger partial charge in [-0.25, -0.2) is 4.98 Å². The molecule has 2 N–H and O–H groups in total. The zero-order chi connectivity index (χ0) is 17.6. The number of thiophene rings is 1. The first-order valence-corrected chi connectivity index (χ1v) is 10.7. The normalized spacial score (nSPS) is 15.0. The summed E-state index contributed by atoms with van der Waals surface area (Å²) in [6, 6.07) is 3.52. The SMILES string of the molecule is O=c1[nH]c(-c2cc(Br)c(O)c(Br)c2)nc2sc3c(c12)CCCCCC3. The van der Waals surface area contributed by atoms with Gasteiger partial charge in [0.05, 0.1) is 14.3 Å². The first-order valence-electron chi connectivity index (χ1n) is 8.27. The van der Waals surface area contributed by atoms with E-state index in [1.165, 1.54) is 29.7 Å². The van der Waals surface area contributed by atoms with Gasteiger partial charge >= 0.3 is 0 Å². The minimum absolute atomic E-state index is 0.0709. The van der Waals surface area contributed by atoms with E-state index in [-0.39, 0.29) is 11.3 Å². The summed E-state index contributed by atoms with van der Waals surface area (Å²) in [6.07, 6.45) is 6.82. The predicted molar refractivity (Wildman–Crippen MR) is 109 cm³/mol. The highest BCUT2D eigenvalue weighted by Crippen LogP contribution is 2.37. The van der Waals surface area contributed by atoms with Crippen molar-refractivity contribution in [1.29, 1.82) is 0 Å². The van der Waals surface area contributed by atoms with Crippen LogP contribution in [0.2, 0.25) is 0 Å². The molecular formula is C18H16Br2N2O2S. The van der Waals surface area contributed by atoms with Crippen molar-refractivity contribution in [3.05, 3.63) is 41.9 Å². The van der Waals surface area contributed by atoms with Gasteiger partial charge in [0.2, 0.25) is 0 Å². The predicted octanol–water partition coefficient (Wildman–Crippen LogP) is 5.54. The Morgan fingerprint density at radius 3 is 2.48 bits per heavy atom. The molecule has 4 nitrogen and oxygen atoms in total. The lowest BCUT2D eigenvalue weighted by Gasteiger charge is -2.09. The number of aromatic nitrogens is 2. The number of phenols is 1. The van der Waals surface area contributed by atoms with Crippen LogP contribution in [0.4, 0.5) is 0 Å². The molecule has 0 unspecified atom stereocenters. The van der Waals surface area contributed by atoms with E-state index in [9.17, 15) is 9.90 Å². The molecule has 0 saturated carbocycles. The molecule has 0 amide bonds. The van der Waals surface area contributed by atoms with Gasteiger partial charge in [-0.3, -0.25) is 4.79 Å². The lowest BCUT2D eigenvalue weighted by molar-refractivity contribution is 0.468. The molecule has 7 heteroatoms. The molecule has 1 aromatic carbocycles. The van der Waals surface area contributed by atoms with E-state index >= 15 is 0 Å². The minimum Gasteiger partial charge on any atom is -0.506 e. The molecule has 2 heterocycles. The van der Waals surface area contributed by atoms with Gasteiger partial charge in [0, 0.05) is 10.4 Å². The van der Waals surface area contributed by atoms with Gasteiger partial charge in [-0.15, -0.1) is 11.3 Å². The number of fused-ring (bicyclic) bond motifs is 3. The quantitative estimate of drug-likeness (QED) is 0.477. The van der Waals surface area contributed by atoms with Crippen LogP contribution in [0, 0.1) is 0 Å². The van der Waals surface area contributed by atoms with E-state index < -0.39 is 0 Å². The molecule has 0 fully saturated rings. The molecule has 4 rings (SSSR count). The first-order chi connectivity index (χ1) is 12.0. The highest BCUT2D eigenvalue weighted by Gasteiger charge is 2.19. The molecular weight excluding hydrogens is 468 g/mol. The topological polar surface area (TPSA) is 66.0 Å². The molecule has 130 valence electrons. The Hall–Kier alpha value is -1.18. The van der Waals surface area contributed by atoms with Gasteiger partial charge in [0.15, 0.2) is 0 Å². The van der Waals surface area contributed by atoms with Crippen LogP contribution in [0.25, 0.3) is 21.6 Å². The van der Waals surface area contributed by atoms with Crippen LogP contribution < -0.4 is 5.56 Å². The minimum atomic E-state index is -0.0709. The zero-order valence-corrected chi connectivity index (χ0v) is 17.4. The van der Waals surface area contributed by atoms with Crippen molar-refractivity contribution in [2.45, 2.75) is 38.5 Å². The maximum Gasteiger partial charge on any atom is 0.260 e. The zero-order valence-electron chi connectivity index (χ0n) is 13.4. The number of aromatic amines is 1. The molecule has 0 atom stereocenters. The van der Waals surface area contributed by atoms with E-state index in [0.29, 0.717) is 14.8 Å². The van der Waals surface area contributed by atoms with Gasteiger partial charge in [-0.2, -0.15) is 0 Å². The summed E-state index contributed by atoms with van der Waals surface area (Å²) < 4.78 is 1.11. The van der Waals surface area contributed by atoms with Crippen LogP contribution in [0.3, 0.4) is 0 Å². The third kappa shape index (κ3) is 3.17. The fourth-order valence-electron chi connectivity index (χ4n) is 3.36. The van der Waals surface area contributed by atoms with E-state index in [2.05, 4.69) is 36.8 Å². The highest BCUT2D eigenvalue weighted by atomic mass is 79.9. The smallest absolute Gasteiger partial charge is 0.260 e. The number of nitrogens with zero attached hydrogens (tertiary/aromatic N) is 1. The van der Waals surface area contributed by atoms with E-state index in [0.717, 1.165) is 35.0 Å². The number of H-pyrrole nitrogens is 1. The van der Waals surface area contributed by atoms with Crippen LogP contribution in [0.15, 0.2) is 25.9 Å². The van der Waals surface area contributed by atoms with Crippen molar-refractivity contribution in [2.24, 2.45) is 0 Å². The van der Waals surface area contributed by atoms with Crippen molar-refractivity contribution in [1.82, 2.24) is 9.97 Å². The summed E-state index contributed by atoms with van der Waals surface area (Å²) in [7, 11) is 0. The molecule has 0 bridgehead atoms. The second kappa shape index (κ2) is 6.85. The molecule has 3 aromatic rings. The number of phenolic OH excluding ortho intramolecular Hbond substituents is 1. The van der Waals surface area contributed by atoms with Gasteiger partial charge in [-0.1, -0.05) is 12.8 Å². The summed E-state index contributed by atoms with van der Waals surface area (Å²) in [6.45, 7) is 0. The number of hydrogen-bond donors (Lipinski definition) is 2. The molecule has 0 spiro atoms. The summed E-state index contributed by atoms with van der Waals surface area (Å²) in [5, 5.41) is 10.6. The second-order valence-electron chi connectivity index (χ2n) is 6.30. The van der Waals surface area contributed by atoms with Crippen LogP contribution in [0.5, 0.6) is 5.75 Å². The Morgan fingerprint density at radius 1 is 1.08 bits per heavy atom. The number of nitrogens with one attached hydrogen (secondary N) is 1. The molecule has 25 heavy (non-hydrogen) atoms. The Morgan fingerprint density at radius 2 is 1.76 bits per heavy atom. The second-order valence-corrected chi connectivity index (χ2v) is 9.09. The van der Waals surface area contributed by atoms with Gasteiger partial charge in [-0.05, 0) is 75.2 Å². The van der Waals surface area contributed by atoms with Crippen molar-refractivity contribution in [3.8, 4) is 17.1 Å². The average Bonchev–Trinajstić information content (AvgIpc) is 2.89. The van der Waals surface area contributed by atoms with Crippen molar-refractivity contribution >= 4 is 53.4 Å². The van der Waals surface area contributed by atoms with Crippen LogP contribution >= 0.6 is 43.2 Å². The Balaban J connectivity index is 1.89. The van der Waals surface area contributed by atoms with E-state index in [1.54, 1.807) is 23.5 Å². The summed E-state index contributed by atoms with van der Waals surface area (Å²) in [5.41, 5.74) is 1.88. The van der Waals surface area contributed by atoms with Gasteiger partial charge < -0.3 is 10.1 Å². The van der Waals surface area contributed by atoms with Crippen molar-refractivity contribution < 1.29 is 5.11 Å². The van der Waals surface area contributed by atoms with E-state index in [4.69, 9.17) is 4.98 Å². The van der Waals surface area contributed by atoms with Crippen molar-refractivity contribution in [3.63, 3.8) is 0 Å². The number of hydrogen-bond acceptors (Lipinski definition) is 4. The Bertz CT molecular complexity index is 1000. The number of aromatic hydroxyl groups is 1. The van der Waals surface area contributed by atoms with Crippen LogP contribution in [-0.4, -0.2) is 15.1 Å². The van der Waals surface area contributed by atoms with Gasteiger partial charge in [0.1, 0.15) is 16.4 Å².